The average Bonchev–Trinajstić information content (AvgIpc) is 3.27. The van der Waals surface area contributed by atoms with E-state index in [0.29, 0.717) is 18.4 Å². The van der Waals surface area contributed by atoms with Crippen LogP contribution in [0.3, 0.4) is 0 Å². The Hall–Kier alpha value is -1.06. The Morgan fingerprint density at radius 3 is 2.65 bits per heavy atom. The number of halogens is 1. The lowest BCUT2D eigenvalue weighted by Crippen LogP contribution is -2.41. The Kier molecular flexibility index (Phi) is 4.70. The third-order valence-corrected chi connectivity index (χ3v) is 6.33. The highest BCUT2D eigenvalue weighted by Crippen LogP contribution is 2.51. The maximum atomic E-state index is 13.2. The molecular weight excluding hydrogens is 308 g/mol. The zero-order valence-corrected chi connectivity index (χ0v) is 14.5. The molecule has 23 heavy (non-hydrogen) atoms. The molecule has 1 heterocycles. The largest absolute Gasteiger partial charge is 0.330 e. The minimum atomic E-state index is 0. The number of para-hydroxylation sites is 1. The summed E-state index contributed by atoms with van der Waals surface area (Å²) in [6, 6.07) is 8.60. The topological polar surface area (TPSA) is 46.3 Å². The van der Waals surface area contributed by atoms with Gasteiger partial charge in [-0.3, -0.25) is 4.79 Å². The summed E-state index contributed by atoms with van der Waals surface area (Å²) in [7, 11) is 0. The number of benzene rings is 1. The number of fused-ring (bicyclic) bond motifs is 2. The number of hydrogen-bond acceptors (Lipinski definition) is 2. The molecule has 2 atom stereocenters. The van der Waals surface area contributed by atoms with E-state index in [1.165, 1.54) is 36.9 Å². The predicted octanol–water partition coefficient (Wildman–Crippen LogP) is 3.64. The van der Waals surface area contributed by atoms with Crippen molar-refractivity contribution in [1.82, 2.24) is 0 Å². The van der Waals surface area contributed by atoms with Crippen molar-refractivity contribution in [3.05, 3.63) is 29.8 Å². The van der Waals surface area contributed by atoms with Crippen molar-refractivity contribution < 1.29 is 4.79 Å². The minimum Gasteiger partial charge on any atom is -0.330 e. The highest BCUT2D eigenvalue weighted by atomic mass is 35.5. The van der Waals surface area contributed by atoms with Gasteiger partial charge in [0.1, 0.15) is 0 Å². The molecule has 1 amide bonds. The van der Waals surface area contributed by atoms with E-state index in [1.807, 2.05) is 0 Å². The molecule has 0 aromatic heterocycles. The summed E-state index contributed by atoms with van der Waals surface area (Å²) in [5.74, 6) is 0.874. The predicted molar refractivity (Wildman–Crippen MR) is 96.1 cm³/mol. The van der Waals surface area contributed by atoms with Gasteiger partial charge < -0.3 is 10.6 Å². The second kappa shape index (κ2) is 6.45. The monoisotopic (exact) mass is 334 g/mol. The molecule has 3 aliphatic rings. The van der Waals surface area contributed by atoms with E-state index in [4.69, 9.17) is 5.73 Å². The maximum Gasteiger partial charge on any atom is 0.230 e. The number of rotatable bonds is 2. The number of nitrogens with two attached hydrogens (primary N) is 1. The van der Waals surface area contributed by atoms with Crippen LogP contribution in [0.2, 0.25) is 0 Å². The Bertz CT molecular complexity index is 582. The quantitative estimate of drug-likeness (QED) is 0.897. The Morgan fingerprint density at radius 1 is 1.17 bits per heavy atom. The van der Waals surface area contributed by atoms with Crippen LogP contribution in [0.4, 0.5) is 5.69 Å². The molecule has 2 saturated carbocycles. The molecule has 1 aromatic carbocycles. The molecule has 2 N–H and O–H groups in total. The normalized spacial score (nSPS) is 28.0. The van der Waals surface area contributed by atoms with Crippen LogP contribution < -0.4 is 10.6 Å². The minimum absolute atomic E-state index is 0. The van der Waals surface area contributed by atoms with E-state index in [-0.39, 0.29) is 23.7 Å². The number of amides is 1. The summed E-state index contributed by atoms with van der Waals surface area (Å²) in [6.45, 7) is 1.55. The highest BCUT2D eigenvalue weighted by molar-refractivity contribution is 5.98. The second-order valence-electron chi connectivity index (χ2n) is 7.46. The molecule has 0 radical (unpaired) electrons. The van der Waals surface area contributed by atoms with Gasteiger partial charge >= 0.3 is 0 Å². The fraction of sp³-hybridized carbons (Fsp3) is 0.632. The number of nitrogens with zero attached hydrogens (tertiary/aromatic N) is 1. The van der Waals surface area contributed by atoms with Crippen LogP contribution in [0.25, 0.3) is 0 Å². The molecule has 1 spiro atoms. The van der Waals surface area contributed by atoms with Gasteiger partial charge in [0.05, 0.1) is 0 Å². The highest BCUT2D eigenvalue weighted by Gasteiger charge is 2.47. The fourth-order valence-corrected chi connectivity index (χ4v) is 5.15. The van der Waals surface area contributed by atoms with Gasteiger partial charge in [-0.25, -0.2) is 0 Å². The zero-order valence-electron chi connectivity index (χ0n) is 13.7. The van der Waals surface area contributed by atoms with Crippen molar-refractivity contribution in [3.8, 4) is 0 Å². The Balaban J connectivity index is 0.00000156. The third-order valence-electron chi connectivity index (χ3n) is 6.33. The van der Waals surface area contributed by atoms with E-state index >= 15 is 0 Å². The van der Waals surface area contributed by atoms with Gasteiger partial charge in [0.15, 0.2) is 0 Å². The second-order valence-corrected chi connectivity index (χ2v) is 7.46. The van der Waals surface area contributed by atoms with E-state index in [2.05, 4.69) is 29.2 Å². The molecule has 2 fully saturated rings. The van der Waals surface area contributed by atoms with E-state index in [1.54, 1.807) is 0 Å². The lowest BCUT2D eigenvalue weighted by atomic mass is 9.81. The van der Waals surface area contributed by atoms with Gasteiger partial charge in [-0.1, -0.05) is 37.5 Å². The molecule has 3 nitrogen and oxygen atoms in total. The molecule has 0 unspecified atom stereocenters. The molecule has 2 aliphatic carbocycles. The van der Waals surface area contributed by atoms with Gasteiger partial charge in [0.25, 0.3) is 0 Å². The first kappa shape index (κ1) is 16.8. The van der Waals surface area contributed by atoms with E-state index < -0.39 is 0 Å². The molecule has 126 valence electrons. The van der Waals surface area contributed by atoms with Gasteiger partial charge in [-0.2, -0.15) is 0 Å². The number of carbonyl (C=O) groups excluding carboxylic acids is 1. The van der Waals surface area contributed by atoms with Crippen molar-refractivity contribution in [3.63, 3.8) is 0 Å². The van der Waals surface area contributed by atoms with Crippen molar-refractivity contribution >= 4 is 24.0 Å². The number of hydrogen-bond donors (Lipinski definition) is 1. The lowest BCUT2D eigenvalue weighted by Gasteiger charge is -2.27. The van der Waals surface area contributed by atoms with E-state index in [0.717, 1.165) is 25.8 Å². The maximum absolute atomic E-state index is 13.2. The van der Waals surface area contributed by atoms with Crippen molar-refractivity contribution in [2.24, 2.45) is 17.6 Å². The third kappa shape index (κ3) is 2.58. The summed E-state index contributed by atoms with van der Waals surface area (Å²) in [4.78, 5) is 15.3. The number of carbonyl (C=O) groups is 1. The SMILES string of the molecule is Cl.NC[C@H]1CCC[C@H]1C(=O)N1CC2(CCCC2)c2ccccc21. The fourth-order valence-electron chi connectivity index (χ4n) is 5.15. The van der Waals surface area contributed by atoms with Crippen molar-refractivity contribution in [2.75, 3.05) is 18.0 Å². The summed E-state index contributed by atoms with van der Waals surface area (Å²) < 4.78 is 0. The number of anilines is 1. The molecule has 1 aromatic rings. The summed E-state index contributed by atoms with van der Waals surface area (Å²) in [5, 5.41) is 0. The standard InChI is InChI=1S/C19H26N2O.ClH/c20-12-14-6-5-7-15(14)18(22)21-13-19(10-3-4-11-19)16-8-1-2-9-17(16)21;/h1-2,8-9,14-15H,3-7,10-13,20H2;1H/t14-,15-;/m1./s1. The Morgan fingerprint density at radius 2 is 1.91 bits per heavy atom. The summed E-state index contributed by atoms with van der Waals surface area (Å²) in [6.07, 6.45) is 8.35. The molecule has 0 saturated heterocycles. The average molecular weight is 335 g/mol. The molecule has 1 aliphatic heterocycles. The molecular formula is C19H27ClN2O. The van der Waals surface area contributed by atoms with Gasteiger partial charge in [0.2, 0.25) is 5.91 Å². The van der Waals surface area contributed by atoms with Crippen LogP contribution in [0.5, 0.6) is 0 Å². The first-order valence-electron chi connectivity index (χ1n) is 8.86. The Labute approximate surface area is 145 Å². The first-order valence-corrected chi connectivity index (χ1v) is 8.86. The van der Waals surface area contributed by atoms with Crippen LogP contribution in [0, 0.1) is 11.8 Å². The van der Waals surface area contributed by atoms with Crippen molar-refractivity contribution in [2.45, 2.75) is 50.4 Å². The lowest BCUT2D eigenvalue weighted by molar-refractivity contribution is -0.123. The van der Waals surface area contributed by atoms with Crippen LogP contribution >= 0.6 is 12.4 Å². The van der Waals surface area contributed by atoms with Crippen molar-refractivity contribution in [1.29, 1.82) is 0 Å². The van der Waals surface area contributed by atoms with Gasteiger partial charge in [-0.05, 0) is 49.8 Å². The summed E-state index contributed by atoms with van der Waals surface area (Å²) in [5.41, 5.74) is 8.74. The molecule has 0 bridgehead atoms. The molecule has 4 rings (SSSR count). The van der Waals surface area contributed by atoms with Crippen LogP contribution in [-0.4, -0.2) is 19.0 Å². The smallest absolute Gasteiger partial charge is 0.230 e. The summed E-state index contributed by atoms with van der Waals surface area (Å²) >= 11 is 0. The van der Waals surface area contributed by atoms with Crippen LogP contribution in [0.15, 0.2) is 24.3 Å². The van der Waals surface area contributed by atoms with Gasteiger partial charge in [-0.15, -0.1) is 12.4 Å². The van der Waals surface area contributed by atoms with Gasteiger partial charge in [0, 0.05) is 23.6 Å². The molecule has 4 heteroatoms. The zero-order chi connectivity index (χ0) is 15.2. The van der Waals surface area contributed by atoms with Crippen LogP contribution in [0.1, 0.15) is 50.5 Å². The van der Waals surface area contributed by atoms with E-state index in [9.17, 15) is 4.79 Å². The van der Waals surface area contributed by atoms with Crippen LogP contribution in [-0.2, 0) is 10.2 Å². The first-order chi connectivity index (χ1) is 10.7.